The van der Waals surface area contributed by atoms with E-state index in [1.165, 1.54) is 0 Å². The smallest absolute Gasteiger partial charge is 0.0105 e. The summed E-state index contributed by atoms with van der Waals surface area (Å²) in [5.41, 5.74) is 18.3. The molecule has 0 nitrogen and oxygen atoms in total. The van der Waals surface area contributed by atoms with Gasteiger partial charge in [-0.3, -0.25) is 0 Å². The van der Waals surface area contributed by atoms with Crippen molar-refractivity contribution in [2.24, 2.45) is 0 Å². The van der Waals surface area contributed by atoms with Crippen LogP contribution in [0.25, 0.3) is 46.6 Å². The average Bonchev–Trinajstić information content (AvgIpc) is 3.36. The quantitative estimate of drug-likeness (QED) is 0.108. The molecule has 9 aromatic rings. The van der Waals surface area contributed by atoms with Crippen molar-refractivity contribution in [3.8, 4) is 0 Å². The first-order valence-corrected chi connectivity index (χ1v) is 21.2. The maximum absolute atomic E-state index is 2.40. The van der Waals surface area contributed by atoms with Gasteiger partial charge < -0.3 is 0 Å². The Balaban J connectivity index is 1.41. The van der Waals surface area contributed by atoms with E-state index in [2.05, 4.69) is 279 Å². The van der Waals surface area contributed by atoms with Crippen LogP contribution in [0.4, 0.5) is 0 Å². The minimum atomic E-state index is 1.11. The highest BCUT2D eigenvalue weighted by atomic mass is 14.2. The van der Waals surface area contributed by atoms with Crippen molar-refractivity contribution in [2.75, 3.05) is 0 Å². The number of hydrogen-bond acceptors (Lipinski definition) is 0. The summed E-state index contributed by atoms with van der Waals surface area (Å²) in [6.07, 6.45) is 9.54. The molecule has 0 saturated heterocycles. The van der Waals surface area contributed by atoms with E-state index in [-0.39, 0.29) is 0 Å². The molecule has 9 rings (SSSR count). The minimum absolute atomic E-state index is 1.11. The van der Waals surface area contributed by atoms with E-state index < -0.39 is 0 Å². The molecule has 0 fully saturated rings. The van der Waals surface area contributed by atoms with Crippen LogP contribution >= 0.6 is 0 Å². The normalized spacial score (nSPS) is 10.6. The van der Waals surface area contributed by atoms with Crippen LogP contribution in [0.3, 0.4) is 0 Å². The van der Waals surface area contributed by atoms with Gasteiger partial charge in [0.15, 0.2) is 0 Å². The fraction of sp³-hybridized carbons (Fsp3) is 0. The summed E-state index contributed by atoms with van der Waals surface area (Å²) in [7, 11) is 0. The maximum Gasteiger partial charge on any atom is -0.0105 e. The predicted molar refractivity (Wildman–Crippen MR) is 266 cm³/mol. The molecule has 9 aromatic carbocycles. The summed E-state index contributed by atoms with van der Waals surface area (Å²) in [6, 6.07) is 90.8. The lowest BCUT2D eigenvalue weighted by molar-refractivity contribution is 1.50. The highest BCUT2D eigenvalue weighted by Crippen LogP contribution is 2.37. The van der Waals surface area contributed by atoms with E-state index in [1.54, 1.807) is 0 Å². The molecule has 0 aliphatic carbocycles. The molecule has 294 valence electrons. The molecule has 0 amide bonds. The second-order valence-corrected chi connectivity index (χ2v) is 15.3. The van der Waals surface area contributed by atoms with Crippen LogP contribution in [0.5, 0.6) is 0 Å². The second kappa shape index (κ2) is 19.3. The second-order valence-electron chi connectivity index (χ2n) is 15.3. The predicted octanol–water partition coefficient (Wildman–Crippen LogP) is 16.0. The Hall–Kier alpha value is -8.06. The zero-order chi connectivity index (χ0) is 41.8. The molecule has 62 heavy (non-hydrogen) atoms. The summed E-state index contributed by atoms with van der Waals surface area (Å²) in [5, 5.41) is 0. The van der Waals surface area contributed by atoms with E-state index in [9.17, 15) is 0 Å². The highest BCUT2D eigenvalue weighted by Gasteiger charge is 2.16. The van der Waals surface area contributed by atoms with Gasteiger partial charge in [-0.05, 0) is 125 Å². The van der Waals surface area contributed by atoms with Gasteiger partial charge in [-0.1, -0.05) is 243 Å². The summed E-state index contributed by atoms with van der Waals surface area (Å²) in [6.45, 7) is 0. The van der Waals surface area contributed by atoms with E-state index in [4.69, 9.17) is 0 Å². The van der Waals surface area contributed by atoms with Crippen molar-refractivity contribution in [1.82, 2.24) is 0 Å². The van der Waals surface area contributed by atoms with Gasteiger partial charge in [0, 0.05) is 0 Å². The van der Waals surface area contributed by atoms with Crippen molar-refractivity contribution in [3.05, 3.63) is 322 Å². The molecule has 0 spiro atoms. The fourth-order valence-corrected chi connectivity index (χ4v) is 8.07. The summed E-state index contributed by atoms with van der Waals surface area (Å²) < 4.78 is 0. The van der Waals surface area contributed by atoms with Gasteiger partial charge in [0.05, 0.1) is 0 Å². The number of hydrogen-bond donors (Lipinski definition) is 0. The molecule has 0 unspecified atom stereocenters. The lowest BCUT2D eigenvalue weighted by Crippen LogP contribution is -1.97. The average molecular weight is 791 g/mol. The third kappa shape index (κ3) is 9.37. The molecule has 0 N–H and O–H groups in total. The molecule has 0 aromatic heterocycles. The molecule has 0 atom stereocenters. The maximum atomic E-state index is 2.40. The van der Waals surface area contributed by atoms with Crippen LogP contribution in [-0.4, -0.2) is 0 Å². The first-order valence-electron chi connectivity index (χ1n) is 21.2. The molecular weight excluding hydrogens is 745 g/mol. The van der Waals surface area contributed by atoms with Crippen molar-refractivity contribution in [2.45, 2.75) is 0 Å². The van der Waals surface area contributed by atoms with Crippen LogP contribution in [0.1, 0.15) is 66.8 Å². The first kappa shape index (κ1) is 39.4. The third-order valence-electron chi connectivity index (χ3n) is 11.2. The Morgan fingerprint density at radius 2 is 0.306 bits per heavy atom. The van der Waals surface area contributed by atoms with Gasteiger partial charge in [-0.15, -0.1) is 0 Å². The van der Waals surface area contributed by atoms with Crippen molar-refractivity contribution < 1.29 is 0 Å². The standard InChI is InChI=1S/C62H46/c1-9-25-47(26-10-1)59(48-27-11-2-12-28-48)43-55-41-57(45-61(51-33-17-5-18-34-51)52-35-19-6-20-36-52)58(46-62(53-37-21-7-22-38-53)54-39-23-8-24-40-54)42-56(55)44-60(49-29-13-3-14-30-49)50-31-15-4-16-32-50/h1-46H. The molecule has 0 radical (unpaired) electrons. The van der Waals surface area contributed by atoms with Gasteiger partial charge >= 0.3 is 0 Å². The molecule has 0 bridgehead atoms. The Morgan fingerprint density at radius 1 is 0.177 bits per heavy atom. The summed E-state index contributed by atoms with van der Waals surface area (Å²) >= 11 is 0. The molecule has 0 saturated carbocycles. The Bertz CT molecular complexity index is 2380. The van der Waals surface area contributed by atoms with Crippen molar-refractivity contribution in [1.29, 1.82) is 0 Å². The van der Waals surface area contributed by atoms with Gasteiger partial charge in [0.1, 0.15) is 0 Å². The van der Waals surface area contributed by atoms with E-state index in [0.29, 0.717) is 0 Å². The van der Waals surface area contributed by atoms with Crippen LogP contribution in [0.2, 0.25) is 0 Å². The van der Waals surface area contributed by atoms with Gasteiger partial charge in [-0.2, -0.15) is 0 Å². The Morgan fingerprint density at radius 3 is 0.435 bits per heavy atom. The van der Waals surface area contributed by atoms with Gasteiger partial charge in [-0.25, -0.2) is 0 Å². The molecule has 0 heterocycles. The largest absolute Gasteiger partial charge is 0.0622 e. The minimum Gasteiger partial charge on any atom is -0.0622 e. The molecular formula is C62H46. The topological polar surface area (TPSA) is 0 Å². The third-order valence-corrected chi connectivity index (χ3v) is 11.2. The van der Waals surface area contributed by atoms with Crippen molar-refractivity contribution in [3.63, 3.8) is 0 Å². The highest BCUT2D eigenvalue weighted by molar-refractivity contribution is 6.01. The monoisotopic (exact) mass is 790 g/mol. The van der Waals surface area contributed by atoms with E-state index in [1.807, 2.05) is 0 Å². The zero-order valence-corrected chi connectivity index (χ0v) is 34.6. The Labute approximate surface area is 366 Å². The molecule has 0 heteroatoms. The number of rotatable bonds is 12. The first-order chi connectivity index (χ1) is 30.8. The van der Waals surface area contributed by atoms with Crippen LogP contribution in [-0.2, 0) is 0 Å². The fourth-order valence-electron chi connectivity index (χ4n) is 8.07. The molecule has 0 aliphatic rings. The van der Waals surface area contributed by atoms with Crippen molar-refractivity contribution >= 4 is 46.6 Å². The van der Waals surface area contributed by atoms with Crippen LogP contribution in [0, 0.1) is 0 Å². The zero-order valence-electron chi connectivity index (χ0n) is 34.6. The van der Waals surface area contributed by atoms with Crippen LogP contribution < -0.4 is 0 Å². The number of benzene rings is 9. The van der Waals surface area contributed by atoms with E-state index >= 15 is 0 Å². The molecule has 0 aliphatic heterocycles. The van der Waals surface area contributed by atoms with E-state index in [0.717, 1.165) is 89.1 Å². The van der Waals surface area contributed by atoms with Gasteiger partial charge in [0.25, 0.3) is 0 Å². The van der Waals surface area contributed by atoms with Gasteiger partial charge in [0.2, 0.25) is 0 Å². The van der Waals surface area contributed by atoms with Crippen LogP contribution in [0.15, 0.2) is 255 Å². The Kier molecular flexibility index (Phi) is 12.3. The lowest BCUT2D eigenvalue weighted by atomic mass is 9.87. The summed E-state index contributed by atoms with van der Waals surface area (Å²) in [4.78, 5) is 0. The lowest BCUT2D eigenvalue weighted by Gasteiger charge is -2.17. The SMILES string of the molecule is C(=C(c1ccccc1)c1ccccc1)c1cc(C=C(c2ccccc2)c2ccccc2)c(C=C(c2ccccc2)c2ccccc2)cc1C=C(c1ccccc1)c1ccccc1. The summed E-state index contributed by atoms with van der Waals surface area (Å²) in [5.74, 6) is 0.